The molecule has 112 valence electrons. The normalized spacial score (nSPS) is 12.2. The lowest BCUT2D eigenvalue weighted by atomic mass is 9.97. The van der Waals surface area contributed by atoms with Crippen molar-refractivity contribution in [3.05, 3.63) is 64.7 Å². The van der Waals surface area contributed by atoms with Crippen molar-refractivity contribution >= 4 is 0 Å². The van der Waals surface area contributed by atoms with E-state index < -0.39 is 17.7 Å². The molecule has 0 bridgehead atoms. The van der Waals surface area contributed by atoms with Gasteiger partial charge in [-0.25, -0.2) is 8.78 Å². The lowest BCUT2D eigenvalue weighted by Crippen LogP contribution is -2.16. The summed E-state index contributed by atoms with van der Waals surface area (Å²) in [7, 11) is 0. The molecule has 0 aliphatic heterocycles. The first-order valence-electron chi connectivity index (χ1n) is 6.97. The second-order valence-electron chi connectivity index (χ2n) is 4.99. The van der Waals surface area contributed by atoms with Crippen molar-refractivity contribution in [1.29, 1.82) is 0 Å². The maximum Gasteiger partial charge on any atom is 0.134 e. The smallest absolute Gasteiger partial charge is 0.134 e. The Labute approximate surface area is 123 Å². The molecule has 0 saturated carbocycles. The van der Waals surface area contributed by atoms with Gasteiger partial charge in [0.05, 0.1) is 12.6 Å². The van der Waals surface area contributed by atoms with E-state index in [1.807, 2.05) is 6.92 Å². The van der Waals surface area contributed by atoms with Crippen molar-refractivity contribution in [3.63, 3.8) is 0 Å². The van der Waals surface area contributed by atoms with E-state index in [0.29, 0.717) is 17.7 Å². The molecule has 0 spiro atoms. The van der Waals surface area contributed by atoms with Crippen LogP contribution in [-0.4, -0.2) is 6.61 Å². The number of rotatable bonds is 5. The van der Waals surface area contributed by atoms with Crippen LogP contribution in [0, 0.1) is 18.6 Å². The molecule has 0 radical (unpaired) electrons. The molecule has 1 atom stereocenters. The summed E-state index contributed by atoms with van der Waals surface area (Å²) in [6.07, 6.45) is 0.918. The second kappa shape index (κ2) is 6.68. The highest BCUT2D eigenvalue weighted by atomic mass is 19.1. The number of nitrogens with two attached hydrogens (primary N) is 1. The zero-order valence-electron chi connectivity index (χ0n) is 12.2. The van der Waals surface area contributed by atoms with Crippen LogP contribution in [0.3, 0.4) is 0 Å². The predicted octanol–water partition coefficient (Wildman–Crippen LogP) is 4.11. The van der Waals surface area contributed by atoms with E-state index >= 15 is 0 Å². The first-order chi connectivity index (χ1) is 10.0. The highest BCUT2D eigenvalue weighted by Gasteiger charge is 2.19. The van der Waals surface area contributed by atoms with Crippen LogP contribution in [0.15, 0.2) is 36.4 Å². The zero-order chi connectivity index (χ0) is 15.4. The van der Waals surface area contributed by atoms with Crippen LogP contribution in [0.5, 0.6) is 5.75 Å². The van der Waals surface area contributed by atoms with Crippen LogP contribution < -0.4 is 10.5 Å². The Morgan fingerprint density at radius 3 is 2.38 bits per heavy atom. The average Bonchev–Trinajstić information content (AvgIpc) is 2.49. The molecule has 0 aliphatic carbocycles. The maximum absolute atomic E-state index is 14.1. The van der Waals surface area contributed by atoms with Gasteiger partial charge in [-0.05, 0) is 42.7 Å². The molecule has 0 fully saturated rings. The fourth-order valence-corrected chi connectivity index (χ4v) is 2.12. The molecule has 0 heterocycles. The number of hydrogen-bond donors (Lipinski definition) is 1. The van der Waals surface area contributed by atoms with E-state index in [1.54, 1.807) is 31.2 Å². The van der Waals surface area contributed by atoms with Crippen molar-refractivity contribution in [2.24, 2.45) is 5.73 Å². The Balaban J connectivity index is 2.28. The molecule has 2 aromatic carbocycles. The van der Waals surface area contributed by atoms with E-state index in [4.69, 9.17) is 10.5 Å². The van der Waals surface area contributed by atoms with E-state index in [-0.39, 0.29) is 5.56 Å². The number of ether oxygens (including phenoxy) is 1. The summed E-state index contributed by atoms with van der Waals surface area (Å²) in [5.41, 5.74) is 6.94. The van der Waals surface area contributed by atoms with E-state index in [0.717, 1.165) is 12.2 Å². The molecule has 0 saturated heterocycles. The third kappa shape index (κ3) is 3.39. The summed E-state index contributed by atoms with van der Waals surface area (Å²) in [5, 5.41) is 0. The summed E-state index contributed by atoms with van der Waals surface area (Å²) in [6, 6.07) is 8.79. The quantitative estimate of drug-likeness (QED) is 0.899. The minimum atomic E-state index is -0.842. The SMILES string of the molecule is CCCOc1ccc(C(N)c2c(F)ccc(C)c2F)cc1. The molecule has 1 unspecified atom stereocenters. The summed E-state index contributed by atoms with van der Waals surface area (Å²) in [4.78, 5) is 0. The van der Waals surface area contributed by atoms with Crippen molar-refractivity contribution in [2.45, 2.75) is 26.3 Å². The highest BCUT2D eigenvalue weighted by molar-refractivity contribution is 5.38. The Bertz CT molecular complexity index is 611. The maximum atomic E-state index is 14.1. The average molecular weight is 291 g/mol. The Morgan fingerprint density at radius 2 is 1.76 bits per heavy atom. The fraction of sp³-hybridized carbons (Fsp3) is 0.294. The molecule has 4 heteroatoms. The second-order valence-corrected chi connectivity index (χ2v) is 4.99. The van der Waals surface area contributed by atoms with Crippen LogP contribution >= 0.6 is 0 Å². The van der Waals surface area contributed by atoms with Gasteiger partial charge in [0.25, 0.3) is 0 Å². The molecule has 0 aliphatic rings. The monoisotopic (exact) mass is 291 g/mol. The van der Waals surface area contributed by atoms with Crippen LogP contribution in [0.2, 0.25) is 0 Å². The summed E-state index contributed by atoms with van der Waals surface area (Å²) in [6.45, 7) is 4.24. The summed E-state index contributed by atoms with van der Waals surface area (Å²) in [5.74, 6) is -0.497. The molecule has 2 aromatic rings. The van der Waals surface area contributed by atoms with Gasteiger partial charge in [0.2, 0.25) is 0 Å². The Kier molecular flexibility index (Phi) is 4.91. The van der Waals surface area contributed by atoms with Gasteiger partial charge in [0.1, 0.15) is 17.4 Å². The lowest BCUT2D eigenvalue weighted by Gasteiger charge is -2.16. The highest BCUT2D eigenvalue weighted by Crippen LogP contribution is 2.27. The minimum Gasteiger partial charge on any atom is -0.494 e. The Hall–Kier alpha value is -1.94. The zero-order valence-corrected chi connectivity index (χ0v) is 12.2. The van der Waals surface area contributed by atoms with Crippen LogP contribution in [0.25, 0.3) is 0 Å². The molecular weight excluding hydrogens is 272 g/mol. The van der Waals surface area contributed by atoms with E-state index in [9.17, 15) is 8.78 Å². The van der Waals surface area contributed by atoms with Gasteiger partial charge in [-0.3, -0.25) is 0 Å². The standard InChI is InChI=1S/C17H19F2NO/c1-3-10-21-13-7-5-12(6-8-13)17(20)15-14(18)9-4-11(2)16(15)19/h4-9,17H,3,10,20H2,1-2H3. The third-order valence-corrected chi connectivity index (χ3v) is 3.34. The molecule has 0 amide bonds. The van der Waals surface area contributed by atoms with Crippen molar-refractivity contribution in [1.82, 2.24) is 0 Å². The Morgan fingerprint density at radius 1 is 1.10 bits per heavy atom. The van der Waals surface area contributed by atoms with Crippen molar-refractivity contribution in [2.75, 3.05) is 6.61 Å². The predicted molar refractivity (Wildman–Crippen MR) is 79.4 cm³/mol. The van der Waals surface area contributed by atoms with Crippen molar-refractivity contribution < 1.29 is 13.5 Å². The molecule has 2 N–H and O–H groups in total. The first kappa shape index (κ1) is 15.4. The molecule has 0 aromatic heterocycles. The van der Waals surface area contributed by atoms with Gasteiger partial charge in [-0.1, -0.05) is 25.1 Å². The largest absolute Gasteiger partial charge is 0.494 e. The number of benzene rings is 2. The van der Waals surface area contributed by atoms with Crippen molar-refractivity contribution in [3.8, 4) is 5.75 Å². The fourth-order valence-electron chi connectivity index (χ4n) is 2.12. The van der Waals surface area contributed by atoms with E-state index in [2.05, 4.69) is 0 Å². The van der Waals surface area contributed by atoms with Crippen LogP contribution in [0.1, 0.15) is 36.1 Å². The summed E-state index contributed by atoms with van der Waals surface area (Å²) >= 11 is 0. The van der Waals surface area contributed by atoms with Gasteiger partial charge in [-0.15, -0.1) is 0 Å². The third-order valence-electron chi connectivity index (χ3n) is 3.34. The molecule has 2 rings (SSSR count). The van der Waals surface area contributed by atoms with Gasteiger partial charge in [0.15, 0.2) is 0 Å². The van der Waals surface area contributed by atoms with Crippen LogP contribution in [-0.2, 0) is 0 Å². The number of halogens is 2. The molecule has 2 nitrogen and oxygen atoms in total. The topological polar surface area (TPSA) is 35.2 Å². The first-order valence-corrected chi connectivity index (χ1v) is 6.97. The lowest BCUT2D eigenvalue weighted by molar-refractivity contribution is 0.317. The van der Waals surface area contributed by atoms with Gasteiger partial charge < -0.3 is 10.5 Å². The van der Waals surface area contributed by atoms with Gasteiger partial charge in [0, 0.05) is 5.56 Å². The summed E-state index contributed by atoms with van der Waals surface area (Å²) < 4.78 is 33.4. The van der Waals surface area contributed by atoms with Gasteiger partial charge >= 0.3 is 0 Å². The molecular formula is C17H19F2NO. The number of aryl methyl sites for hydroxylation is 1. The minimum absolute atomic E-state index is 0.0998. The molecule has 21 heavy (non-hydrogen) atoms. The van der Waals surface area contributed by atoms with Crippen LogP contribution in [0.4, 0.5) is 8.78 Å². The number of hydrogen-bond acceptors (Lipinski definition) is 2. The van der Waals surface area contributed by atoms with E-state index in [1.165, 1.54) is 12.1 Å². The van der Waals surface area contributed by atoms with Gasteiger partial charge in [-0.2, -0.15) is 0 Å².